The number of carboxylic acids is 1. The SMILES string of the molecule is CC(CNC(=O)CCCC(=O)O)c1nccs1. The lowest BCUT2D eigenvalue weighted by Gasteiger charge is -2.09. The van der Waals surface area contributed by atoms with Gasteiger partial charge in [-0.3, -0.25) is 9.59 Å². The van der Waals surface area contributed by atoms with Gasteiger partial charge >= 0.3 is 5.97 Å². The molecular weight excluding hydrogens is 240 g/mol. The lowest BCUT2D eigenvalue weighted by molar-refractivity contribution is -0.137. The molecule has 2 N–H and O–H groups in total. The van der Waals surface area contributed by atoms with Gasteiger partial charge < -0.3 is 10.4 Å². The second-order valence-corrected chi connectivity index (χ2v) is 4.75. The number of carbonyl (C=O) groups is 2. The first-order valence-electron chi connectivity index (χ1n) is 5.47. The topological polar surface area (TPSA) is 79.3 Å². The third kappa shape index (κ3) is 5.44. The van der Waals surface area contributed by atoms with Crippen molar-refractivity contribution in [3.05, 3.63) is 16.6 Å². The fourth-order valence-electron chi connectivity index (χ4n) is 1.32. The van der Waals surface area contributed by atoms with E-state index in [0.717, 1.165) is 5.01 Å². The average molecular weight is 256 g/mol. The molecule has 1 rings (SSSR count). The molecule has 1 amide bonds. The lowest BCUT2D eigenvalue weighted by Crippen LogP contribution is -2.27. The van der Waals surface area contributed by atoms with E-state index in [1.165, 1.54) is 0 Å². The molecular formula is C11H16N2O3S. The number of aromatic nitrogens is 1. The van der Waals surface area contributed by atoms with Gasteiger partial charge in [0, 0.05) is 36.9 Å². The van der Waals surface area contributed by atoms with E-state index < -0.39 is 5.97 Å². The zero-order valence-electron chi connectivity index (χ0n) is 9.68. The third-order valence-electron chi connectivity index (χ3n) is 2.27. The summed E-state index contributed by atoms with van der Waals surface area (Å²) in [4.78, 5) is 25.8. The minimum Gasteiger partial charge on any atom is -0.481 e. The van der Waals surface area contributed by atoms with E-state index in [-0.39, 0.29) is 24.7 Å². The van der Waals surface area contributed by atoms with Crippen LogP contribution in [0.2, 0.25) is 0 Å². The van der Waals surface area contributed by atoms with Crippen molar-refractivity contribution in [2.24, 2.45) is 0 Å². The first kappa shape index (κ1) is 13.6. The first-order chi connectivity index (χ1) is 8.09. The number of carboxylic acid groups (broad SMARTS) is 1. The summed E-state index contributed by atoms with van der Waals surface area (Å²) >= 11 is 1.56. The van der Waals surface area contributed by atoms with Gasteiger partial charge in [0.15, 0.2) is 0 Å². The second-order valence-electron chi connectivity index (χ2n) is 3.82. The molecule has 1 aromatic heterocycles. The van der Waals surface area contributed by atoms with Crippen LogP contribution >= 0.6 is 11.3 Å². The highest BCUT2D eigenvalue weighted by molar-refractivity contribution is 7.09. The Kier molecular flexibility index (Phi) is 5.62. The Morgan fingerprint density at radius 2 is 2.29 bits per heavy atom. The maximum Gasteiger partial charge on any atom is 0.303 e. The highest BCUT2D eigenvalue weighted by atomic mass is 32.1. The normalized spacial score (nSPS) is 12.1. The van der Waals surface area contributed by atoms with E-state index in [2.05, 4.69) is 10.3 Å². The van der Waals surface area contributed by atoms with Crippen LogP contribution < -0.4 is 5.32 Å². The van der Waals surface area contributed by atoms with Gasteiger partial charge in [0.2, 0.25) is 5.91 Å². The summed E-state index contributed by atoms with van der Waals surface area (Å²) in [6.45, 7) is 2.54. The fourth-order valence-corrected chi connectivity index (χ4v) is 2.02. The van der Waals surface area contributed by atoms with Gasteiger partial charge in [-0.1, -0.05) is 6.92 Å². The van der Waals surface area contributed by atoms with Gasteiger partial charge in [0.25, 0.3) is 0 Å². The van der Waals surface area contributed by atoms with E-state index in [4.69, 9.17) is 5.11 Å². The molecule has 0 aliphatic carbocycles. The number of aliphatic carboxylic acids is 1. The number of hydrogen-bond acceptors (Lipinski definition) is 4. The molecule has 5 nitrogen and oxygen atoms in total. The highest BCUT2D eigenvalue weighted by Gasteiger charge is 2.10. The minimum absolute atomic E-state index is 0.0372. The molecule has 0 fully saturated rings. The molecule has 1 atom stereocenters. The second kappa shape index (κ2) is 7.01. The molecule has 1 heterocycles. The molecule has 0 radical (unpaired) electrons. The van der Waals surface area contributed by atoms with Crippen LogP contribution in [-0.2, 0) is 9.59 Å². The van der Waals surface area contributed by atoms with Gasteiger partial charge in [0.05, 0.1) is 5.01 Å². The lowest BCUT2D eigenvalue weighted by atomic mass is 10.2. The van der Waals surface area contributed by atoms with Gasteiger partial charge in [-0.2, -0.15) is 0 Å². The van der Waals surface area contributed by atoms with Crippen LogP contribution in [0.5, 0.6) is 0 Å². The third-order valence-corrected chi connectivity index (χ3v) is 3.28. The summed E-state index contributed by atoms with van der Waals surface area (Å²) < 4.78 is 0. The predicted octanol–water partition coefficient (Wildman–Crippen LogP) is 1.62. The zero-order valence-corrected chi connectivity index (χ0v) is 10.5. The monoisotopic (exact) mass is 256 g/mol. The molecule has 17 heavy (non-hydrogen) atoms. The largest absolute Gasteiger partial charge is 0.481 e. The maximum atomic E-state index is 11.4. The highest BCUT2D eigenvalue weighted by Crippen LogP contribution is 2.16. The van der Waals surface area contributed by atoms with E-state index in [1.807, 2.05) is 12.3 Å². The zero-order chi connectivity index (χ0) is 12.7. The van der Waals surface area contributed by atoms with Gasteiger partial charge in [-0.15, -0.1) is 11.3 Å². The summed E-state index contributed by atoms with van der Waals surface area (Å²) in [6.07, 6.45) is 2.42. The molecule has 0 saturated carbocycles. The Bertz CT molecular complexity index is 365. The van der Waals surface area contributed by atoms with Crippen LogP contribution in [0.4, 0.5) is 0 Å². The van der Waals surface area contributed by atoms with E-state index in [1.54, 1.807) is 17.5 Å². The number of thiazole rings is 1. The van der Waals surface area contributed by atoms with Crippen molar-refractivity contribution in [3.8, 4) is 0 Å². The Hall–Kier alpha value is -1.43. The Morgan fingerprint density at radius 3 is 2.88 bits per heavy atom. The summed E-state index contributed by atoms with van der Waals surface area (Å²) in [5.41, 5.74) is 0. The van der Waals surface area contributed by atoms with E-state index >= 15 is 0 Å². The summed E-state index contributed by atoms with van der Waals surface area (Å²) in [7, 11) is 0. The van der Waals surface area contributed by atoms with Crippen LogP contribution in [0.3, 0.4) is 0 Å². The van der Waals surface area contributed by atoms with Crippen LogP contribution in [-0.4, -0.2) is 28.5 Å². The van der Waals surface area contributed by atoms with Crippen molar-refractivity contribution in [1.29, 1.82) is 0 Å². The molecule has 0 saturated heterocycles. The molecule has 0 aliphatic heterocycles. The summed E-state index contributed by atoms with van der Waals surface area (Å²) in [5.74, 6) is -0.776. The molecule has 1 unspecified atom stereocenters. The quantitative estimate of drug-likeness (QED) is 0.777. The molecule has 0 aromatic carbocycles. The Morgan fingerprint density at radius 1 is 1.53 bits per heavy atom. The molecule has 6 heteroatoms. The average Bonchev–Trinajstić information content (AvgIpc) is 2.78. The molecule has 94 valence electrons. The van der Waals surface area contributed by atoms with Crippen LogP contribution in [0, 0.1) is 0 Å². The fraction of sp³-hybridized carbons (Fsp3) is 0.545. The van der Waals surface area contributed by atoms with Crippen molar-refractivity contribution in [3.63, 3.8) is 0 Å². The number of amides is 1. The van der Waals surface area contributed by atoms with Crippen molar-refractivity contribution in [1.82, 2.24) is 10.3 Å². The number of nitrogens with one attached hydrogen (secondary N) is 1. The summed E-state index contributed by atoms with van der Waals surface area (Å²) in [6, 6.07) is 0. The van der Waals surface area contributed by atoms with Crippen molar-refractivity contribution >= 4 is 23.2 Å². The van der Waals surface area contributed by atoms with Gasteiger partial charge in [0.1, 0.15) is 0 Å². The number of nitrogens with zero attached hydrogens (tertiary/aromatic N) is 1. The predicted molar refractivity (Wildman–Crippen MR) is 65.0 cm³/mol. The van der Waals surface area contributed by atoms with Crippen LogP contribution in [0.25, 0.3) is 0 Å². The summed E-state index contributed by atoms with van der Waals surface area (Å²) in [5, 5.41) is 14.1. The number of carbonyl (C=O) groups excluding carboxylic acids is 1. The van der Waals surface area contributed by atoms with Gasteiger partial charge in [-0.25, -0.2) is 4.98 Å². The van der Waals surface area contributed by atoms with E-state index in [0.29, 0.717) is 13.0 Å². The first-order valence-corrected chi connectivity index (χ1v) is 6.35. The molecule has 0 aliphatic rings. The maximum absolute atomic E-state index is 11.4. The number of rotatable bonds is 7. The smallest absolute Gasteiger partial charge is 0.303 e. The molecule has 1 aromatic rings. The Balaban J connectivity index is 2.17. The van der Waals surface area contributed by atoms with Crippen molar-refractivity contribution < 1.29 is 14.7 Å². The van der Waals surface area contributed by atoms with Gasteiger partial charge in [-0.05, 0) is 6.42 Å². The Labute approximate surface area is 104 Å². The minimum atomic E-state index is -0.867. The molecule has 0 bridgehead atoms. The standard InChI is InChI=1S/C11H16N2O3S/c1-8(11-12-5-6-17-11)7-13-9(14)3-2-4-10(15)16/h5-6,8H,2-4,7H2,1H3,(H,13,14)(H,15,16). The van der Waals surface area contributed by atoms with Crippen LogP contribution in [0.15, 0.2) is 11.6 Å². The van der Waals surface area contributed by atoms with Crippen molar-refractivity contribution in [2.45, 2.75) is 32.1 Å². The molecule has 0 spiro atoms. The van der Waals surface area contributed by atoms with Crippen molar-refractivity contribution in [2.75, 3.05) is 6.54 Å². The van der Waals surface area contributed by atoms with Crippen LogP contribution in [0.1, 0.15) is 37.1 Å². The van der Waals surface area contributed by atoms with E-state index in [9.17, 15) is 9.59 Å². The number of hydrogen-bond donors (Lipinski definition) is 2.